The first-order chi connectivity index (χ1) is 12.4. The quantitative estimate of drug-likeness (QED) is 0.369. The van der Waals surface area contributed by atoms with Crippen molar-refractivity contribution >= 4 is 29.3 Å². The lowest BCUT2D eigenvalue weighted by Crippen LogP contribution is -2.13. The number of hydrogen-bond acceptors (Lipinski definition) is 6. The molecule has 2 rings (SSSR count). The molecule has 2 aromatic rings. The maximum atomic E-state index is 12.1. The Morgan fingerprint density at radius 1 is 1.15 bits per heavy atom. The first-order valence-corrected chi connectivity index (χ1v) is 7.44. The molecule has 134 valence electrons. The van der Waals surface area contributed by atoms with E-state index in [2.05, 4.69) is 5.32 Å². The summed E-state index contributed by atoms with van der Waals surface area (Å²) < 4.78 is 9.75. The van der Waals surface area contributed by atoms with E-state index in [-0.39, 0.29) is 16.9 Å². The summed E-state index contributed by atoms with van der Waals surface area (Å²) in [6.45, 7) is 0. The summed E-state index contributed by atoms with van der Waals surface area (Å²) in [5.41, 5.74) is 0.822. The SMILES string of the molecule is COC(=O)c1cc(OC)ccc1NC(=O)/C=C/c1cccc([N+](=O)[O-])c1. The van der Waals surface area contributed by atoms with E-state index in [0.717, 1.165) is 0 Å². The van der Waals surface area contributed by atoms with Gasteiger partial charge in [0.1, 0.15) is 5.75 Å². The zero-order valence-corrected chi connectivity index (χ0v) is 14.1. The highest BCUT2D eigenvalue weighted by atomic mass is 16.6. The first kappa shape index (κ1) is 18.7. The summed E-state index contributed by atoms with van der Waals surface area (Å²) >= 11 is 0. The Kier molecular flexibility index (Phi) is 6.05. The second-order valence-corrected chi connectivity index (χ2v) is 5.08. The molecular weight excluding hydrogens is 340 g/mol. The van der Waals surface area contributed by atoms with Gasteiger partial charge in [0.25, 0.3) is 5.69 Å². The number of benzene rings is 2. The van der Waals surface area contributed by atoms with Gasteiger partial charge in [-0.1, -0.05) is 12.1 Å². The van der Waals surface area contributed by atoms with Gasteiger partial charge in [0.05, 0.1) is 30.4 Å². The lowest BCUT2D eigenvalue weighted by atomic mass is 10.1. The van der Waals surface area contributed by atoms with E-state index in [1.807, 2.05) is 0 Å². The maximum Gasteiger partial charge on any atom is 0.340 e. The highest BCUT2D eigenvalue weighted by Crippen LogP contribution is 2.23. The van der Waals surface area contributed by atoms with Crippen molar-refractivity contribution in [2.45, 2.75) is 0 Å². The minimum atomic E-state index is -0.623. The molecule has 0 aromatic heterocycles. The third kappa shape index (κ3) is 4.67. The Bertz CT molecular complexity index is 876. The zero-order valence-electron chi connectivity index (χ0n) is 14.1. The molecule has 0 saturated heterocycles. The summed E-state index contributed by atoms with van der Waals surface area (Å²) in [4.78, 5) is 34.2. The Morgan fingerprint density at radius 2 is 1.92 bits per heavy atom. The molecule has 8 heteroatoms. The van der Waals surface area contributed by atoms with E-state index in [0.29, 0.717) is 11.3 Å². The molecule has 0 spiro atoms. The molecule has 1 N–H and O–H groups in total. The monoisotopic (exact) mass is 356 g/mol. The van der Waals surface area contributed by atoms with Gasteiger partial charge in [-0.25, -0.2) is 4.79 Å². The van der Waals surface area contributed by atoms with Crippen LogP contribution in [0.5, 0.6) is 5.75 Å². The summed E-state index contributed by atoms with van der Waals surface area (Å²) in [6, 6.07) is 10.4. The van der Waals surface area contributed by atoms with Gasteiger partial charge in [-0.15, -0.1) is 0 Å². The van der Waals surface area contributed by atoms with Gasteiger partial charge >= 0.3 is 5.97 Å². The molecule has 8 nitrogen and oxygen atoms in total. The first-order valence-electron chi connectivity index (χ1n) is 7.44. The van der Waals surface area contributed by atoms with E-state index in [4.69, 9.17) is 9.47 Å². The average molecular weight is 356 g/mol. The molecule has 0 unspecified atom stereocenters. The van der Waals surface area contributed by atoms with E-state index in [1.54, 1.807) is 12.1 Å². The van der Waals surface area contributed by atoms with Gasteiger partial charge in [0.2, 0.25) is 5.91 Å². The van der Waals surface area contributed by atoms with Crippen molar-refractivity contribution in [3.05, 3.63) is 69.8 Å². The van der Waals surface area contributed by atoms with Crippen molar-refractivity contribution in [1.29, 1.82) is 0 Å². The average Bonchev–Trinajstić information content (AvgIpc) is 2.66. The zero-order chi connectivity index (χ0) is 19.1. The summed E-state index contributed by atoms with van der Waals surface area (Å²) in [5.74, 6) is -0.691. The number of rotatable bonds is 6. The molecule has 26 heavy (non-hydrogen) atoms. The van der Waals surface area contributed by atoms with Gasteiger partial charge in [0.15, 0.2) is 0 Å². The van der Waals surface area contributed by atoms with Crippen LogP contribution in [-0.4, -0.2) is 31.0 Å². The van der Waals surface area contributed by atoms with Crippen molar-refractivity contribution in [3.63, 3.8) is 0 Å². The van der Waals surface area contributed by atoms with E-state index < -0.39 is 16.8 Å². The molecule has 0 aliphatic heterocycles. The fraction of sp³-hybridized carbons (Fsp3) is 0.111. The van der Waals surface area contributed by atoms with E-state index in [9.17, 15) is 19.7 Å². The number of anilines is 1. The predicted molar refractivity (Wildman–Crippen MR) is 95.1 cm³/mol. The largest absolute Gasteiger partial charge is 0.497 e. The summed E-state index contributed by atoms with van der Waals surface area (Å²) in [6.07, 6.45) is 2.65. The van der Waals surface area contributed by atoms with E-state index in [1.165, 1.54) is 56.7 Å². The minimum absolute atomic E-state index is 0.0734. The van der Waals surface area contributed by atoms with Crippen LogP contribution in [0.1, 0.15) is 15.9 Å². The number of nitrogens with zero attached hydrogens (tertiary/aromatic N) is 1. The third-order valence-corrected chi connectivity index (χ3v) is 3.40. The normalized spacial score (nSPS) is 10.4. The number of non-ortho nitro benzene ring substituents is 1. The second-order valence-electron chi connectivity index (χ2n) is 5.08. The Morgan fingerprint density at radius 3 is 2.58 bits per heavy atom. The fourth-order valence-corrected chi connectivity index (χ4v) is 2.13. The van der Waals surface area contributed by atoms with Gasteiger partial charge in [-0.2, -0.15) is 0 Å². The van der Waals surface area contributed by atoms with Crippen molar-refractivity contribution < 1.29 is 24.0 Å². The second kappa shape index (κ2) is 8.43. The number of esters is 1. The van der Waals surface area contributed by atoms with Crippen molar-refractivity contribution in [3.8, 4) is 5.75 Å². The number of nitro benzene ring substituents is 1. The molecule has 0 fully saturated rings. The molecule has 2 aromatic carbocycles. The lowest BCUT2D eigenvalue weighted by Gasteiger charge is -2.10. The lowest BCUT2D eigenvalue weighted by molar-refractivity contribution is -0.384. The van der Waals surface area contributed by atoms with Crippen LogP contribution in [0.25, 0.3) is 6.08 Å². The van der Waals surface area contributed by atoms with Crippen LogP contribution in [0, 0.1) is 10.1 Å². The molecule has 0 aliphatic carbocycles. The van der Waals surface area contributed by atoms with Crippen LogP contribution in [0.2, 0.25) is 0 Å². The van der Waals surface area contributed by atoms with Crippen molar-refractivity contribution in [2.75, 3.05) is 19.5 Å². The Labute approximate surface area is 149 Å². The van der Waals surface area contributed by atoms with E-state index >= 15 is 0 Å². The maximum absolute atomic E-state index is 12.1. The number of hydrogen-bond donors (Lipinski definition) is 1. The number of carbonyl (C=O) groups is 2. The Hall–Kier alpha value is -3.68. The molecular formula is C18H16N2O6. The molecule has 1 amide bonds. The molecule has 0 heterocycles. The topological polar surface area (TPSA) is 108 Å². The van der Waals surface area contributed by atoms with Crippen LogP contribution in [0.4, 0.5) is 11.4 Å². The standard InChI is InChI=1S/C18H16N2O6/c1-25-14-7-8-16(15(11-14)18(22)26-2)19-17(21)9-6-12-4-3-5-13(10-12)20(23)24/h3-11H,1-2H3,(H,19,21)/b9-6+. The number of nitro groups is 1. The molecule has 0 bridgehead atoms. The van der Waals surface area contributed by atoms with Gasteiger partial charge in [-0.3, -0.25) is 14.9 Å². The Balaban J connectivity index is 2.18. The van der Waals surface area contributed by atoms with Crippen LogP contribution >= 0.6 is 0 Å². The number of amides is 1. The van der Waals surface area contributed by atoms with Gasteiger partial charge in [-0.05, 0) is 29.8 Å². The van der Waals surface area contributed by atoms with Crippen molar-refractivity contribution in [2.24, 2.45) is 0 Å². The molecule has 0 saturated carbocycles. The summed E-state index contributed by atoms with van der Waals surface area (Å²) in [5, 5.41) is 13.3. The number of nitrogens with one attached hydrogen (secondary N) is 1. The highest BCUT2D eigenvalue weighted by molar-refractivity contribution is 6.06. The minimum Gasteiger partial charge on any atom is -0.497 e. The summed E-state index contributed by atoms with van der Waals surface area (Å²) in [7, 11) is 2.69. The highest BCUT2D eigenvalue weighted by Gasteiger charge is 2.14. The van der Waals surface area contributed by atoms with Crippen LogP contribution in [0.15, 0.2) is 48.5 Å². The van der Waals surface area contributed by atoms with Gasteiger partial charge in [0, 0.05) is 18.2 Å². The number of methoxy groups -OCH3 is 2. The molecule has 0 atom stereocenters. The smallest absolute Gasteiger partial charge is 0.340 e. The van der Waals surface area contributed by atoms with Crippen LogP contribution < -0.4 is 10.1 Å². The van der Waals surface area contributed by atoms with Crippen LogP contribution in [-0.2, 0) is 9.53 Å². The molecule has 0 aliphatic rings. The van der Waals surface area contributed by atoms with Crippen LogP contribution in [0.3, 0.4) is 0 Å². The number of ether oxygens (including phenoxy) is 2. The number of carbonyl (C=O) groups excluding carboxylic acids is 2. The van der Waals surface area contributed by atoms with Crippen molar-refractivity contribution in [1.82, 2.24) is 0 Å². The van der Waals surface area contributed by atoms with Gasteiger partial charge < -0.3 is 14.8 Å². The fourth-order valence-electron chi connectivity index (χ4n) is 2.13. The predicted octanol–water partition coefficient (Wildman–Crippen LogP) is 3.04. The molecule has 0 radical (unpaired) electrons. The third-order valence-electron chi connectivity index (χ3n) is 3.40.